The highest BCUT2D eigenvalue weighted by atomic mass is 19.4. The Bertz CT molecular complexity index is 614. The lowest BCUT2D eigenvalue weighted by Gasteiger charge is -2.17. The van der Waals surface area contributed by atoms with Crippen LogP contribution in [0, 0.1) is 0 Å². The summed E-state index contributed by atoms with van der Waals surface area (Å²) in [6.07, 6.45) is -25.3. The van der Waals surface area contributed by atoms with Crippen LogP contribution in [0.1, 0.15) is 0 Å². The van der Waals surface area contributed by atoms with Crippen molar-refractivity contribution in [2.24, 2.45) is 0 Å². The van der Waals surface area contributed by atoms with Crippen molar-refractivity contribution >= 4 is 0 Å². The van der Waals surface area contributed by atoms with E-state index in [2.05, 4.69) is 14.2 Å². The zero-order chi connectivity index (χ0) is 21.8. The normalized spacial score (nSPS) is 12.5. The van der Waals surface area contributed by atoms with Gasteiger partial charge >= 0.3 is 48.6 Å². The Hall–Kier alpha value is -2.54. The lowest BCUT2D eigenvalue weighted by molar-refractivity contribution is -0.384. The van der Waals surface area contributed by atoms with E-state index in [0.29, 0.717) is 0 Å². The van der Waals surface area contributed by atoms with Gasteiger partial charge in [0.25, 0.3) is 0 Å². The number of hydrogen-bond acceptors (Lipinski definition) is 3. The summed E-state index contributed by atoms with van der Waals surface area (Å²) in [5.74, 6) is 0. The smallest absolute Gasteiger partial charge is 0.393 e. The average Bonchev–Trinajstić information content (AvgIpc) is 2.32. The summed E-state index contributed by atoms with van der Waals surface area (Å²) in [7, 11) is 0. The predicted molar refractivity (Wildman–Crippen MR) is 50.8 cm³/mol. The second-order valence-corrected chi connectivity index (χ2v) is 3.68. The first-order valence-electron chi connectivity index (χ1n) is 5.37. The number of ether oxygens (including phenoxy) is 3. The first kappa shape index (κ1) is 24.5. The van der Waals surface area contributed by atoms with Gasteiger partial charge in [-0.2, -0.15) is 61.5 Å². The third kappa shape index (κ3) is 7.70. The molecule has 156 valence electrons. The molecule has 0 aliphatic rings. The van der Waals surface area contributed by atoms with Gasteiger partial charge in [-0.15, -0.1) is 0 Å². The maximum atomic E-state index is 12.7. The van der Waals surface area contributed by atoms with Gasteiger partial charge in [0.2, 0.25) is 0 Å². The first-order chi connectivity index (χ1) is 11.8. The molecule has 0 aliphatic heterocycles. The first-order valence-corrected chi connectivity index (χ1v) is 5.37. The van der Waals surface area contributed by atoms with Gasteiger partial charge in [-0.05, 0) is 0 Å². The van der Waals surface area contributed by atoms with Crippen LogP contribution < -0.4 is 0 Å². The van der Waals surface area contributed by atoms with Crippen LogP contribution in [0.5, 0.6) is 0 Å². The van der Waals surface area contributed by atoms with Crippen LogP contribution in [0.15, 0.2) is 35.5 Å². The summed E-state index contributed by atoms with van der Waals surface area (Å²) in [5, 5.41) is 0. The Balaban J connectivity index is 5.41. The average molecular weight is 434 g/mol. The second kappa shape index (κ2) is 8.00. The molecule has 17 heteroatoms. The molecule has 0 spiro atoms. The number of rotatable bonds is 6. The van der Waals surface area contributed by atoms with Crippen molar-refractivity contribution in [3.05, 3.63) is 35.5 Å². The number of hydrogen-bond donors (Lipinski definition) is 0. The molecule has 0 aromatic rings. The van der Waals surface area contributed by atoms with Crippen molar-refractivity contribution in [2.75, 3.05) is 0 Å². The third-order valence-electron chi connectivity index (χ3n) is 1.67. The highest BCUT2D eigenvalue weighted by Crippen LogP contribution is 2.39. The lowest BCUT2D eigenvalue weighted by Crippen LogP contribution is -2.38. The molecule has 0 unspecified atom stereocenters. The van der Waals surface area contributed by atoms with Gasteiger partial charge in [0.1, 0.15) is 0 Å². The fourth-order valence-corrected chi connectivity index (χ4v) is 0.676. The van der Waals surface area contributed by atoms with E-state index < -0.39 is 48.6 Å². The monoisotopic (exact) mass is 434 g/mol. The molecule has 0 aromatic carbocycles. The third-order valence-corrected chi connectivity index (χ3v) is 1.67. The summed E-state index contributed by atoms with van der Waals surface area (Å²) in [4.78, 5) is 0. The topological polar surface area (TPSA) is 27.7 Å². The molecule has 0 radical (unpaired) electrons. The quantitative estimate of drug-likeness (QED) is 0.301. The van der Waals surface area contributed by atoms with E-state index in [-0.39, 0.29) is 11.5 Å². The molecular formula is C10F14O3. The van der Waals surface area contributed by atoms with Gasteiger partial charge < -0.3 is 14.2 Å². The molecule has 0 fully saturated rings. The molecule has 3 nitrogen and oxygen atoms in total. The van der Waals surface area contributed by atoms with E-state index in [9.17, 15) is 61.5 Å². The number of alkyl halides is 10. The minimum atomic E-state index is -6.47. The molecule has 27 heavy (non-hydrogen) atoms. The molecule has 0 saturated carbocycles. The molecule has 0 heterocycles. The molecule has 0 atom stereocenters. The van der Waals surface area contributed by atoms with Crippen molar-refractivity contribution < 1.29 is 75.7 Å². The summed E-state index contributed by atoms with van der Waals surface area (Å²) in [5.41, 5.74) is 0.318. The van der Waals surface area contributed by atoms with Crippen LogP contribution in [-0.4, -0.2) is 24.6 Å². The summed E-state index contributed by atoms with van der Waals surface area (Å²) in [6.45, 7) is 0. The predicted octanol–water partition coefficient (Wildman–Crippen LogP) is 5.79. The van der Waals surface area contributed by atoms with Crippen molar-refractivity contribution in [1.29, 1.82) is 0 Å². The molecule has 0 saturated heterocycles. The Morgan fingerprint density at radius 1 is 0.481 bits per heavy atom. The van der Waals surface area contributed by atoms with E-state index in [0.717, 1.165) is 0 Å². The van der Waals surface area contributed by atoms with E-state index in [1.54, 1.807) is 0 Å². The zero-order valence-corrected chi connectivity index (χ0v) is 11.5. The second-order valence-electron chi connectivity index (χ2n) is 3.68. The van der Waals surface area contributed by atoms with E-state index in [4.69, 9.17) is 0 Å². The van der Waals surface area contributed by atoms with Gasteiger partial charge in [0.15, 0.2) is 0 Å². The summed E-state index contributed by atoms with van der Waals surface area (Å²) >= 11 is 0. The Morgan fingerprint density at radius 3 is 0.963 bits per heavy atom. The Morgan fingerprint density at radius 2 is 0.741 bits per heavy atom. The van der Waals surface area contributed by atoms with Crippen LogP contribution in [0.2, 0.25) is 0 Å². The lowest BCUT2D eigenvalue weighted by atomic mass is 10.6. The Kier molecular flexibility index (Phi) is 7.25. The molecular weight excluding hydrogens is 434 g/mol. The maximum absolute atomic E-state index is 12.7. The molecule has 0 aromatic heterocycles. The molecule has 0 N–H and O–H groups in total. The van der Waals surface area contributed by atoms with Crippen LogP contribution in [0.4, 0.5) is 61.5 Å². The number of halogens is 14. The van der Waals surface area contributed by atoms with Gasteiger partial charge in [0, 0.05) is 11.5 Å². The SMILES string of the molecule is FC(=C=C(F)OC(F)(F)C(F)(F)F)OC(F)=C=C(F)OC(F)(F)C(F)(F)F. The standard InChI is InChI=1S/C10F14O3/c11-3(1-5(13)26-9(21,22)7(15,16)17)25-4(12)2-6(14)27-10(23,24)8(18,19)20. The van der Waals surface area contributed by atoms with Crippen LogP contribution >= 0.6 is 0 Å². The zero-order valence-electron chi connectivity index (χ0n) is 11.5. The van der Waals surface area contributed by atoms with Gasteiger partial charge in [-0.1, -0.05) is 0 Å². The maximum Gasteiger partial charge on any atom is 0.501 e. The summed E-state index contributed by atoms with van der Waals surface area (Å²) in [6, 6.07) is -12.1. The van der Waals surface area contributed by atoms with Gasteiger partial charge in [0.05, 0.1) is 0 Å². The minimum absolute atomic E-state index is 0.159. The molecule has 0 rings (SSSR count). The highest BCUT2D eigenvalue weighted by molar-refractivity contribution is 4.94. The van der Waals surface area contributed by atoms with Crippen molar-refractivity contribution in [3.8, 4) is 0 Å². The molecule has 0 amide bonds. The fourth-order valence-electron chi connectivity index (χ4n) is 0.676. The largest absolute Gasteiger partial charge is 0.501 e. The van der Waals surface area contributed by atoms with Crippen molar-refractivity contribution in [2.45, 2.75) is 24.6 Å². The Labute approximate surface area is 137 Å². The molecule has 0 bridgehead atoms. The van der Waals surface area contributed by atoms with Gasteiger partial charge in [-0.25, -0.2) is 0 Å². The van der Waals surface area contributed by atoms with Crippen LogP contribution in [0.3, 0.4) is 0 Å². The summed E-state index contributed by atoms with van der Waals surface area (Å²) < 4.78 is 176. The highest BCUT2D eigenvalue weighted by Gasteiger charge is 2.62. The van der Waals surface area contributed by atoms with Gasteiger partial charge in [-0.3, -0.25) is 0 Å². The minimum Gasteiger partial charge on any atom is -0.393 e. The van der Waals surface area contributed by atoms with Crippen molar-refractivity contribution in [3.63, 3.8) is 0 Å². The molecule has 0 aliphatic carbocycles. The van der Waals surface area contributed by atoms with Crippen LogP contribution in [0.25, 0.3) is 0 Å². The van der Waals surface area contributed by atoms with Crippen molar-refractivity contribution in [1.82, 2.24) is 0 Å². The van der Waals surface area contributed by atoms with E-state index >= 15 is 0 Å². The van der Waals surface area contributed by atoms with Crippen LogP contribution in [-0.2, 0) is 14.2 Å². The fraction of sp³-hybridized carbons (Fsp3) is 0.400. The van der Waals surface area contributed by atoms with E-state index in [1.807, 2.05) is 0 Å². The van der Waals surface area contributed by atoms with E-state index in [1.165, 1.54) is 0 Å².